The quantitative estimate of drug-likeness (QED) is 0.577. The van der Waals surface area contributed by atoms with E-state index in [1.165, 1.54) is 0 Å². The fourth-order valence-electron chi connectivity index (χ4n) is 3.83. The van der Waals surface area contributed by atoms with Crippen LogP contribution in [0.15, 0.2) is 57.6 Å². The maximum atomic E-state index is 13.4. The fraction of sp³-hybridized carbons (Fsp3) is 0.409. The van der Waals surface area contributed by atoms with E-state index in [-0.39, 0.29) is 11.9 Å². The van der Waals surface area contributed by atoms with Crippen LogP contribution in [0.25, 0.3) is 11.7 Å². The highest BCUT2D eigenvalue weighted by atomic mass is 16.4. The van der Waals surface area contributed by atoms with Gasteiger partial charge in [0, 0.05) is 13.1 Å². The molecule has 4 rings (SSSR count). The van der Waals surface area contributed by atoms with Gasteiger partial charge in [-0.2, -0.15) is 0 Å². The van der Waals surface area contributed by atoms with E-state index in [2.05, 4.69) is 22.0 Å². The van der Waals surface area contributed by atoms with Gasteiger partial charge in [-0.15, -0.1) is 10.2 Å². The third kappa shape index (κ3) is 4.40. The van der Waals surface area contributed by atoms with E-state index in [1.807, 2.05) is 35.2 Å². The predicted octanol–water partition coefficient (Wildman–Crippen LogP) is 3.91. The van der Waals surface area contributed by atoms with Crippen molar-refractivity contribution in [3.05, 3.63) is 60.2 Å². The molecule has 152 valence electrons. The number of carbonyl (C=O) groups excluding carboxylic acids is 1. The number of furan rings is 1. The van der Waals surface area contributed by atoms with Gasteiger partial charge in [-0.05, 0) is 43.5 Å². The van der Waals surface area contributed by atoms with Gasteiger partial charge in [-0.25, -0.2) is 0 Å². The zero-order chi connectivity index (χ0) is 20.1. The first-order chi connectivity index (χ1) is 14.3. The van der Waals surface area contributed by atoms with Crippen molar-refractivity contribution >= 4 is 5.91 Å². The Bertz CT molecular complexity index is 901. The average molecular weight is 394 g/mol. The van der Waals surface area contributed by atoms with Crippen molar-refractivity contribution in [3.8, 4) is 11.7 Å². The number of carbonyl (C=O) groups is 1. The third-order valence-electron chi connectivity index (χ3n) is 5.18. The molecule has 1 atom stereocenters. The Labute approximate surface area is 170 Å². The molecule has 0 radical (unpaired) electrons. The average Bonchev–Trinajstić information content (AvgIpc) is 3.50. The molecule has 0 aliphatic carbocycles. The maximum Gasteiger partial charge on any atom is 0.283 e. The summed E-state index contributed by atoms with van der Waals surface area (Å²) in [6, 6.07) is 13.2. The second-order valence-corrected chi connectivity index (χ2v) is 7.29. The molecule has 1 fully saturated rings. The van der Waals surface area contributed by atoms with Crippen molar-refractivity contribution < 1.29 is 13.6 Å². The molecule has 1 aliphatic heterocycles. The number of aromatic nitrogens is 2. The van der Waals surface area contributed by atoms with Gasteiger partial charge in [0.2, 0.25) is 11.8 Å². The molecule has 29 heavy (non-hydrogen) atoms. The predicted molar refractivity (Wildman–Crippen MR) is 108 cm³/mol. The summed E-state index contributed by atoms with van der Waals surface area (Å²) in [5.74, 6) is 1.51. The van der Waals surface area contributed by atoms with Crippen LogP contribution in [0, 0.1) is 0 Å². The van der Waals surface area contributed by atoms with Crippen LogP contribution in [0.5, 0.6) is 0 Å². The molecular weight excluding hydrogens is 368 g/mol. The Morgan fingerprint density at radius 2 is 1.93 bits per heavy atom. The number of hydrogen-bond acceptors (Lipinski definition) is 6. The summed E-state index contributed by atoms with van der Waals surface area (Å²) in [7, 11) is 0. The van der Waals surface area contributed by atoms with Crippen molar-refractivity contribution in [1.82, 2.24) is 20.0 Å². The van der Waals surface area contributed by atoms with Gasteiger partial charge in [-0.1, -0.05) is 37.3 Å². The minimum Gasteiger partial charge on any atom is -0.459 e. The van der Waals surface area contributed by atoms with E-state index in [0.29, 0.717) is 24.1 Å². The highest BCUT2D eigenvalue weighted by molar-refractivity contribution is 5.83. The molecule has 0 saturated carbocycles. The van der Waals surface area contributed by atoms with Crippen LogP contribution in [0.3, 0.4) is 0 Å². The fourth-order valence-corrected chi connectivity index (χ4v) is 3.83. The van der Waals surface area contributed by atoms with Gasteiger partial charge in [0.05, 0.1) is 12.8 Å². The standard InChI is InChI=1S/C22H26N4O3/c1-2-12-26(16-19-23-24-21(29-19)18-11-8-15-28-18)20(17-9-4-3-5-10-17)22(27)25-13-6-7-14-25/h3-5,8-11,15,20H,2,6-7,12-14,16H2,1H3/t20-/m0/s1. The summed E-state index contributed by atoms with van der Waals surface area (Å²) >= 11 is 0. The maximum absolute atomic E-state index is 13.4. The van der Waals surface area contributed by atoms with Gasteiger partial charge < -0.3 is 13.7 Å². The van der Waals surface area contributed by atoms with Crippen LogP contribution < -0.4 is 0 Å². The second-order valence-electron chi connectivity index (χ2n) is 7.29. The van der Waals surface area contributed by atoms with E-state index < -0.39 is 0 Å². The Hall–Kier alpha value is -2.93. The van der Waals surface area contributed by atoms with Crippen molar-refractivity contribution in [1.29, 1.82) is 0 Å². The first-order valence-corrected chi connectivity index (χ1v) is 10.2. The highest BCUT2D eigenvalue weighted by Gasteiger charge is 2.33. The van der Waals surface area contributed by atoms with Gasteiger partial charge in [-0.3, -0.25) is 9.69 Å². The number of amides is 1. The number of nitrogens with zero attached hydrogens (tertiary/aromatic N) is 4. The number of likely N-dealkylation sites (tertiary alicyclic amines) is 1. The van der Waals surface area contributed by atoms with Gasteiger partial charge in [0.15, 0.2) is 5.76 Å². The zero-order valence-electron chi connectivity index (χ0n) is 16.7. The molecule has 3 heterocycles. The molecule has 1 aliphatic rings. The Morgan fingerprint density at radius 3 is 2.62 bits per heavy atom. The van der Waals surface area contributed by atoms with Crippen LogP contribution in [-0.2, 0) is 11.3 Å². The van der Waals surface area contributed by atoms with Crippen molar-refractivity contribution in [2.24, 2.45) is 0 Å². The lowest BCUT2D eigenvalue weighted by atomic mass is 10.0. The van der Waals surface area contributed by atoms with E-state index >= 15 is 0 Å². The van der Waals surface area contributed by atoms with E-state index in [4.69, 9.17) is 8.83 Å². The van der Waals surface area contributed by atoms with Crippen LogP contribution in [-0.4, -0.2) is 45.5 Å². The number of rotatable bonds is 8. The molecule has 1 amide bonds. The summed E-state index contributed by atoms with van der Waals surface area (Å²) in [5, 5.41) is 8.28. The van der Waals surface area contributed by atoms with Crippen LogP contribution in [0.2, 0.25) is 0 Å². The molecule has 7 nitrogen and oxygen atoms in total. The smallest absolute Gasteiger partial charge is 0.283 e. The largest absolute Gasteiger partial charge is 0.459 e. The summed E-state index contributed by atoms with van der Waals surface area (Å²) in [6.45, 7) is 4.91. The molecule has 0 spiro atoms. The summed E-state index contributed by atoms with van der Waals surface area (Å²) in [5.41, 5.74) is 0.989. The Morgan fingerprint density at radius 1 is 1.14 bits per heavy atom. The lowest BCUT2D eigenvalue weighted by molar-refractivity contribution is -0.136. The summed E-state index contributed by atoms with van der Waals surface area (Å²) in [6.07, 6.45) is 4.62. The topological polar surface area (TPSA) is 75.6 Å². The Balaban J connectivity index is 1.61. The van der Waals surface area contributed by atoms with Crippen LogP contribution >= 0.6 is 0 Å². The highest BCUT2D eigenvalue weighted by Crippen LogP contribution is 2.28. The first-order valence-electron chi connectivity index (χ1n) is 10.2. The van der Waals surface area contributed by atoms with Crippen molar-refractivity contribution in [2.45, 2.75) is 38.8 Å². The molecule has 1 aromatic carbocycles. The molecule has 0 unspecified atom stereocenters. The van der Waals surface area contributed by atoms with Crippen LogP contribution in [0.1, 0.15) is 43.7 Å². The summed E-state index contributed by atoms with van der Waals surface area (Å²) in [4.78, 5) is 17.6. The number of hydrogen-bond donors (Lipinski definition) is 0. The monoisotopic (exact) mass is 394 g/mol. The van der Waals surface area contributed by atoms with E-state index in [1.54, 1.807) is 18.4 Å². The van der Waals surface area contributed by atoms with E-state index in [9.17, 15) is 4.79 Å². The van der Waals surface area contributed by atoms with Crippen molar-refractivity contribution in [2.75, 3.05) is 19.6 Å². The molecule has 1 saturated heterocycles. The summed E-state index contributed by atoms with van der Waals surface area (Å²) < 4.78 is 11.2. The van der Waals surface area contributed by atoms with Crippen molar-refractivity contribution in [3.63, 3.8) is 0 Å². The lowest BCUT2D eigenvalue weighted by Gasteiger charge is -2.32. The SMILES string of the molecule is CCCN(Cc1nnc(-c2ccco2)o1)[C@H](C(=O)N1CCCC1)c1ccccc1. The third-order valence-corrected chi connectivity index (χ3v) is 5.18. The minimum atomic E-state index is -0.367. The van der Waals surface area contributed by atoms with Gasteiger partial charge >= 0.3 is 0 Å². The normalized spacial score (nSPS) is 15.2. The Kier molecular flexibility index (Phi) is 6.05. The molecular formula is C22H26N4O3. The molecule has 0 N–H and O–H groups in total. The minimum absolute atomic E-state index is 0.146. The first kappa shape index (κ1) is 19.4. The van der Waals surface area contributed by atoms with Gasteiger partial charge in [0.1, 0.15) is 6.04 Å². The lowest BCUT2D eigenvalue weighted by Crippen LogP contribution is -2.42. The van der Waals surface area contributed by atoms with Gasteiger partial charge in [0.25, 0.3) is 5.89 Å². The second kappa shape index (κ2) is 9.05. The number of benzene rings is 1. The van der Waals surface area contributed by atoms with Crippen LogP contribution in [0.4, 0.5) is 0 Å². The van der Waals surface area contributed by atoms with E-state index in [0.717, 1.165) is 44.5 Å². The molecule has 7 heteroatoms. The molecule has 0 bridgehead atoms. The molecule has 3 aromatic rings. The zero-order valence-corrected chi connectivity index (χ0v) is 16.7. The molecule has 2 aromatic heterocycles.